The highest BCUT2D eigenvalue weighted by Gasteiger charge is 2.34. The van der Waals surface area contributed by atoms with E-state index in [4.69, 9.17) is 11.6 Å². The van der Waals surface area contributed by atoms with Crippen LogP contribution in [-0.2, 0) is 0 Å². The number of pyridine rings is 1. The Morgan fingerprint density at radius 2 is 2.00 bits per heavy atom. The van der Waals surface area contributed by atoms with Gasteiger partial charge in [0, 0.05) is 6.07 Å². The molecule has 0 radical (unpaired) electrons. The molecule has 0 aliphatic heterocycles. The van der Waals surface area contributed by atoms with Crippen molar-refractivity contribution in [1.29, 1.82) is 0 Å². The molecule has 0 amide bonds. The molecule has 0 aliphatic carbocycles. The Hall–Kier alpha value is -0.310. The van der Waals surface area contributed by atoms with E-state index in [2.05, 4.69) is 9.72 Å². The first-order chi connectivity index (χ1) is 6.29. The fourth-order valence-corrected chi connectivity index (χ4v) is 1.53. The van der Waals surface area contributed by atoms with Crippen LogP contribution in [0.25, 0.3) is 0 Å². The second kappa shape index (κ2) is 4.05. The molecule has 0 saturated heterocycles. The standard InChI is InChI=1S/C6HClF4INO/c7-5-4(14-6(9,10)11)2(8)1-3(12)13-5/h1H. The molecular weight excluding hydrogens is 340 g/mol. The Morgan fingerprint density at radius 1 is 1.43 bits per heavy atom. The minimum absolute atomic E-state index is 0.139. The average molecular weight is 341 g/mol. The molecule has 0 bridgehead atoms. The summed E-state index contributed by atoms with van der Waals surface area (Å²) in [7, 11) is 0. The summed E-state index contributed by atoms with van der Waals surface area (Å²) < 4.78 is 51.5. The second-order valence-corrected chi connectivity index (χ2v) is 3.56. The molecule has 0 aliphatic rings. The zero-order chi connectivity index (χ0) is 10.9. The first kappa shape index (κ1) is 11.8. The van der Waals surface area contributed by atoms with E-state index in [1.807, 2.05) is 0 Å². The molecule has 1 aromatic rings. The molecule has 1 rings (SSSR count). The van der Waals surface area contributed by atoms with Crippen LogP contribution in [0.5, 0.6) is 5.75 Å². The number of hydrogen-bond donors (Lipinski definition) is 0. The number of alkyl halides is 3. The highest BCUT2D eigenvalue weighted by Crippen LogP contribution is 2.31. The van der Waals surface area contributed by atoms with Crippen LogP contribution in [-0.4, -0.2) is 11.3 Å². The molecule has 14 heavy (non-hydrogen) atoms. The number of rotatable bonds is 1. The first-order valence-corrected chi connectivity index (χ1v) is 4.52. The van der Waals surface area contributed by atoms with Crippen LogP contribution in [0.2, 0.25) is 5.15 Å². The maximum absolute atomic E-state index is 12.9. The van der Waals surface area contributed by atoms with Gasteiger partial charge in [-0.1, -0.05) is 11.6 Å². The molecule has 0 saturated carbocycles. The van der Waals surface area contributed by atoms with Crippen molar-refractivity contribution in [3.8, 4) is 5.75 Å². The monoisotopic (exact) mass is 341 g/mol. The molecule has 0 N–H and O–H groups in total. The van der Waals surface area contributed by atoms with E-state index in [9.17, 15) is 17.6 Å². The first-order valence-electron chi connectivity index (χ1n) is 3.07. The Bertz CT molecular complexity index is 333. The summed E-state index contributed by atoms with van der Waals surface area (Å²) in [6.07, 6.45) is -4.99. The highest BCUT2D eigenvalue weighted by atomic mass is 127. The van der Waals surface area contributed by atoms with E-state index < -0.39 is 23.1 Å². The van der Waals surface area contributed by atoms with Gasteiger partial charge in [-0.25, -0.2) is 9.37 Å². The zero-order valence-corrected chi connectivity index (χ0v) is 9.11. The van der Waals surface area contributed by atoms with Gasteiger partial charge in [0.2, 0.25) is 5.75 Å². The Morgan fingerprint density at radius 3 is 2.43 bits per heavy atom. The van der Waals surface area contributed by atoms with Crippen molar-refractivity contribution in [1.82, 2.24) is 4.98 Å². The van der Waals surface area contributed by atoms with Crippen molar-refractivity contribution in [3.05, 3.63) is 20.7 Å². The summed E-state index contributed by atoms with van der Waals surface area (Å²) in [4.78, 5) is 3.41. The number of nitrogens with zero attached hydrogens (tertiary/aromatic N) is 1. The predicted octanol–water partition coefficient (Wildman–Crippen LogP) is 3.38. The molecule has 2 nitrogen and oxygen atoms in total. The highest BCUT2D eigenvalue weighted by molar-refractivity contribution is 14.1. The molecule has 0 atom stereocenters. The molecule has 1 aromatic heterocycles. The fourth-order valence-electron chi connectivity index (χ4n) is 0.652. The summed E-state index contributed by atoms with van der Waals surface area (Å²) in [6, 6.07) is 0.785. The van der Waals surface area contributed by atoms with Crippen molar-refractivity contribution in [2.45, 2.75) is 6.36 Å². The van der Waals surface area contributed by atoms with E-state index in [-0.39, 0.29) is 3.70 Å². The smallest absolute Gasteiger partial charge is 0.399 e. The Balaban J connectivity index is 3.09. The lowest BCUT2D eigenvalue weighted by Crippen LogP contribution is -2.18. The van der Waals surface area contributed by atoms with Gasteiger partial charge in [-0.2, -0.15) is 0 Å². The van der Waals surface area contributed by atoms with Gasteiger partial charge in [0.15, 0.2) is 11.0 Å². The molecular formula is C6HClF4INO. The van der Waals surface area contributed by atoms with Crippen LogP contribution in [0.15, 0.2) is 6.07 Å². The quantitative estimate of drug-likeness (QED) is 0.444. The van der Waals surface area contributed by atoms with Crippen molar-refractivity contribution in [2.75, 3.05) is 0 Å². The maximum Gasteiger partial charge on any atom is 0.573 e. The van der Waals surface area contributed by atoms with Crippen molar-refractivity contribution in [2.24, 2.45) is 0 Å². The lowest BCUT2D eigenvalue weighted by atomic mass is 10.4. The van der Waals surface area contributed by atoms with Gasteiger partial charge in [-0.05, 0) is 22.6 Å². The molecule has 0 spiro atoms. The number of halogens is 6. The zero-order valence-electron chi connectivity index (χ0n) is 6.20. The maximum atomic E-state index is 12.9. The van der Waals surface area contributed by atoms with E-state index in [0.717, 1.165) is 6.07 Å². The number of aromatic nitrogens is 1. The van der Waals surface area contributed by atoms with Crippen LogP contribution in [0.4, 0.5) is 17.6 Å². The van der Waals surface area contributed by atoms with Gasteiger partial charge in [-0.3, -0.25) is 0 Å². The summed E-state index contributed by atoms with van der Waals surface area (Å²) in [5.74, 6) is -2.31. The Kier molecular flexibility index (Phi) is 3.40. The minimum Gasteiger partial charge on any atom is -0.399 e. The molecule has 1 heterocycles. The lowest BCUT2D eigenvalue weighted by molar-refractivity contribution is -0.275. The molecule has 0 unspecified atom stereocenters. The third-order valence-corrected chi connectivity index (χ3v) is 1.88. The predicted molar refractivity (Wildman–Crippen MR) is 48.6 cm³/mol. The van der Waals surface area contributed by atoms with Gasteiger partial charge in [0.1, 0.15) is 3.70 Å². The summed E-state index contributed by atoms with van der Waals surface area (Å²) in [6.45, 7) is 0. The Labute approximate surface area is 94.4 Å². The summed E-state index contributed by atoms with van der Waals surface area (Å²) >= 11 is 6.87. The SMILES string of the molecule is Fc1cc(I)nc(Cl)c1OC(F)(F)F. The van der Waals surface area contributed by atoms with E-state index in [0.29, 0.717) is 0 Å². The van der Waals surface area contributed by atoms with Crippen LogP contribution in [0.1, 0.15) is 0 Å². The van der Waals surface area contributed by atoms with E-state index in [1.54, 1.807) is 22.6 Å². The van der Waals surface area contributed by atoms with Crippen LogP contribution in [0.3, 0.4) is 0 Å². The van der Waals surface area contributed by atoms with Gasteiger partial charge in [0.25, 0.3) is 0 Å². The van der Waals surface area contributed by atoms with Crippen LogP contribution in [0, 0.1) is 9.52 Å². The number of hydrogen-bond acceptors (Lipinski definition) is 2. The lowest BCUT2D eigenvalue weighted by Gasteiger charge is -2.10. The van der Waals surface area contributed by atoms with Crippen molar-refractivity contribution >= 4 is 34.2 Å². The van der Waals surface area contributed by atoms with Crippen molar-refractivity contribution < 1.29 is 22.3 Å². The topological polar surface area (TPSA) is 22.1 Å². The molecule has 0 aromatic carbocycles. The van der Waals surface area contributed by atoms with E-state index >= 15 is 0 Å². The third-order valence-electron chi connectivity index (χ3n) is 1.07. The summed E-state index contributed by atoms with van der Waals surface area (Å²) in [5.41, 5.74) is 0. The fraction of sp³-hybridized carbons (Fsp3) is 0.167. The van der Waals surface area contributed by atoms with Crippen LogP contribution < -0.4 is 4.74 Å². The average Bonchev–Trinajstić information content (AvgIpc) is 1.95. The summed E-state index contributed by atoms with van der Waals surface area (Å²) in [5, 5.41) is -0.660. The van der Waals surface area contributed by atoms with Gasteiger partial charge in [0.05, 0.1) is 0 Å². The van der Waals surface area contributed by atoms with Crippen LogP contribution >= 0.6 is 34.2 Å². The molecule has 8 heteroatoms. The van der Waals surface area contributed by atoms with Crippen molar-refractivity contribution in [3.63, 3.8) is 0 Å². The van der Waals surface area contributed by atoms with E-state index in [1.165, 1.54) is 0 Å². The normalized spacial score (nSPS) is 11.6. The third kappa shape index (κ3) is 3.12. The number of ether oxygens (including phenoxy) is 1. The minimum atomic E-state index is -4.99. The molecule has 0 fully saturated rings. The largest absolute Gasteiger partial charge is 0.573 e. The second-order valence-electron chi connectivity index (χ2n) is 2.09. The van der Waals surface area contributed by atoms with Gasteiger partial charge in [-0.15, -0.1) is 13.2 Å². The van der Waals surface area contributed by atoms with Gasteiger partial charge >= 0.3 is 6.36 Å². The molecule has 78 valence electrons. The van der Waals surface area contributed by atoms with Gasteiger partial charge < -0.3 is 4.74 Å².